The van der Waals surface area contributed by atoms with Gasteiger partial charge in [0.25, 0.3) is 0 Å². The predicted molar refractivity (Wildman–Crippen MR) is 114 cm³/mol. The van der Waals surface area contributed by atoms with Gasteiger partial charge in [0.15, 0.2) is 0 Å². The minimum Gasteiger partial charge on any atom is -0.496 e. The zero-order valence-electron chi connectivity index (χ0n) is 16.1. The van der Waals surface area contributed by atoms with Crippen LogP contribution in [0.3, 0.4) is 0 Å². The van der Waals surface area contributed by atoms with Gasteiger partial charge in [-0.2, -0.15) is 4.31 Å². The second-order valence-electron chi connectivity index (χ2n) is 6.92. The Kier molecular flexibility index (Phi) is 6.73. The number of carbonyl (C=O) groups excluding carboxylic acids is 1. The molecule has 2 aromatic rings. The van der Waals surface area contributed by atoms with Crippen LogP contribution in [0.1, 0.15) is 18.4 Å². The molecule has 0 radical (unpaired) electrons. The maximum absolute atomic E-state index is 13.1. The molecule has 0 aromatic heterocycles. The molecule has 29 heavy (non-hydrogen) atoms. The number of hydrogen-bond donors (Lipinski definition) is 1. The lowest BCUT2D eigenvalue weighted by Gasteiger charge is -2.31. The molecule has 0 aliphatic carbocycles. The van der Waals surface area contributed by atoms with E-state index in [1.807, 2.05) is 0 Å². The van der Waals surface area contributed by atoms with Gasteiger partial charge in [0.2, 0.25) is 15.9 Å². The number of amides is 1. The molecule has 1 aliphatic rings. The molecule has 1 aliphatic heterocycles. The fourth-order valence-corrected chi connectivity index (χ4v) is 5.48. The molecular formula is C20H22Cl2N2O4S. The van der Waals surface area contributed by atoms with Crippen LogP contribution in [-0.2, 0) is 14.8 Å². The van der Waals surface area contributed by atoms with Gasteiger partial charge in [0, 0.05) is 13.1 Å². The summed E-state index contributed by atoms with van der Waals surface area (Å²) in [7, 11) is -2.18. The average molecular weight is 457 g/mol. The minimum absolute atomic E-state index is 0.0985. The number of nitrogens with one attached hydrogen (secondary N) is 1. The second kappa shape index (κ2) is 8.92. The van der Waals surface area contributed by atoms with E-state index in [0.717, 1.165) is 5.56 Å². The first-order valence-corrected chi connectivity index (χ1v) is 11.3. The van der Waals surface area contributed by atoms with Gasteiger partial charge in [-0.15, -0.1) is 0 Å². The third-order valence-electron chi connectivity index (χ3n) is 4.97. The monoisotopic (exact) mass is 456 g/mol. The Morgan fingerprint density at radius 2 is 1.90 bits per heavy atom. The highest BCUT2D eigenvalue weighted by molar-refractivity contribution is 7.89. The van der Waals surface area contributed by atoms with E-state index in [1.54, 1.807) is 37.3 Å². The number of aryl methyl sites for hydroxylation is 1. The number of sulfonamides is 1. The fraction of sp³-hybridized carbons (Fsp3) is 0.350. The van der Waals surface area contributed by atoms with Gasteiger partial charge >= 0.3 is 0 Å². The highest BCUT2D eigenvalue weighted by Crippen LogP contribution is 2.32. The van der Waals surface area contributed by atoms with Crippen LogP contribution in [0.2, 0.25) is 10.0 Å². The smallest absolute Gasteiger partial charge is 0.243 e. The Bertz CT molecular complexity index is 1010. The molecule has 1 unspecified atom stereocenters. The number of methoxy groups -OCH3 is 1. The number of anilines is 1. The van der Waals surface area contributed by atoms with Crippen molar-refractivity contribution in [1.82, 2.24) is 4.31 Å². The second-order valence-corrected chi connectivity index (χ2v) is 9.67. The molecule has 156 valence electrons. The van der Waals surface area contributed by atoms with Gasteiger partial charge in [-0.25, -0.2) is 8.42 Å². The van der Waals surface area contributed by atoms with E-state index in [-0.39, 0.29) is 17.3 Å². The van der Waals surface area contributed by atoms with Crippen molar-refractivity contribution in [2.24, 2.45) is 5.92 Å². The molecule has 9 heteroatoms. The quantitative estimate of drug-likeness (QED) is 0.725. The molecular weight excluding hydrogens is 435 g/mol. The third-order valence-corrected chi connectivity index (χ3v) is 7.46. The lowest BCUT2D eigenvalue weighted by molar-refractivity contribution is -0.120. The van der Waals surface area contributed by atoms with Crippen molar-refractivity contribution in [2.45, 2.75) is 24.7 Å². The van der Waals surface area contributed by atoms with Gasteiger partial charge in [0.05, 0.1) is 33.7 Å². The Hall–Kier alpha value is -1.80. The Labute approximate surface area is 180 Å². The molecule has 0 spiro atoms. The molecule has 3 rings (SSSR count). The van der Waals surface area contributed by atoms with Crippen molar-refractivity contribution in [3.63, 3.8) is 0 Å². The maximum atomic E-state index is 13.1. The van der Waals surface area contributed by atoms with Crippen LogP contribution >= 0.6 is 23.2 Å². The minimum atomic E-state index is -3.72. The SMILES string of the molecule is COc1ccc(S(=O)(=O)N2CCCC(C(=O)Nc3c(Cl)cccc3Cl)C2)cc1C. The van der Waals surface area contributed by atoms with Crippen LogP contribution in [-0.4, -0.2) is 38.8 Å². The fourth-order valence-electron chi connectivity index (χ4n) is 3.38. The first-order valence-electron chi connectivity index (χ1n) is 9.13. The van der Waals surface area contributed by atoms with E-state index in [1.165, 1.54) is 17.5 Å². The molecule has 0 saturated carbocycles. The Morgan fingerprint density at radius 3 is 2.52 bits per heavy atom. The topological polar surface area (TPSA) is 75.7 Å². The van der Waals surface area contributed by atoms with Crippen molar-refractivity contribution in [3.8, 4) is 5.75 Å². The Morgan fingerprint density at radius 1 is 1.21 bits per heavy atom. The lowest BCUT2D eigenvalue weighted by Crippen LogP contribution is -2.43. The number of rotatable bonds is 5. The molecule has 1 amide bonds. The number of hydrogen-bond acceptors (Lipinski definition) is 4. The van der Waals surface area contributed by atoms with Crippen LogP contribution < -0.4 is 10.1 Å². The highest BCUT2D eigenvalue weighted by atomic mass is 35.5. The number of piperidine rings is 1. The predicted octanol–water partition coefficient (Wildman–Crippen LogP) is 4.35. The first-order chi connectivity index (χ1) is 13.7. The van der Waals surface area contributed by atoms with Gasteiger partial charge in [-0.05, 0) is 55.7 Å². The van der Waals surface area contributed by atoms with Crippen LogP contribution in [0.4, 0.5) is 5.69 Å². The van der Waals surface area contributed by atoms with E-state index in [4.69, 9.17) is 27.9 Å². The van der Waals surface area contributed by atoms with E-state index in [9.17, 15) is 13.2 Å². The summed E-state index contributed by atoms with van der Waals surface area (Å²) in [6.07, 6.45) is 1.17. The van der Waals surface area contributed by atoms with Crippen LogP contribution in [0.25, 0.3) is 0 Å². The summed E-state index contributed by atoms with van der Waals surface area (Å²) in [5, 5.41) is 3.41. The number of benzene rings is 2. The molecule has 1 atom stereocenters. The highest BCUT2D eigenvalue weighted by Gasteiger charge is 2.34. The van der Waals surface area contributed by atoms with Crippen molar-refractivity contribution in [3.05, 3.63) is 52.0 Å². The number of para-hydroxylation sites is 1. The van der Waals surface area contributed by atoms with E-state index < -0.39 is 15.9 Å². The van der Waals surface area contributed by atoms with E-state index in [0.29, 0.717) is 40.9 Å². The van der Waals surface area contributed by atoms with E-state index >= 15 is 0 Å². The summed E-state index contributed by atoms with van der Waals surface area (Å²) in [5.74, 6) is -0.174. The van der Waals surface area contributed by atoms with Crippen LogP contribution in [0.15, 0.2) is 41.3 Å². The molecule has 1 saturated heterocycles. The summed E-state index contributed by atoms with van der Waals surface area (Å²) in [4.78, 5) is 12.9. The molecule has 2 aromatic carbocycles. The number of halogens is 2. The third kappa shape index (κ3) is 4.69. The van der Waals surface area contributed by atoms with Crippen molar-refractivity contribution in [1.29, 1.82) is 0 Å². The normalized spacial score (nSPS) is 17.7. The summed E-state index contributed by atoms with van der Waals surface area (Å²) >= 11 is 12.2. The van der Waals surface area contributed by atoms with Crippen molar-refractivity contribution in [2.75, 3.05) is 25.5 Å². The molecule has 1 N–H and O–H groups in total. The molecule has 1 heterocycles. The van der Waals surface area contributed by atoms with Crippen molar-refractivity contribution < 1.29 is 17.9 Å². The molecule has 0 bridgehead atoms. The summed E-state index contributed by atoms with van der Waals surface area (Å²) in [6, 6.07) is 9.69. The number of ether oxygens (including phenoxy) is 1. The average Bonchev–Trinajstić information content (AvgIpc) is 2.70. The van der Waals surface area contributed by atoms with Gasteiger partial charge < -0.3 is 10.1 Å². The number of carbonyl (C=O) groups is 1. The van der Waals surface area contributed by atoms with Crippen molar-refractivity contribution >= 4 is 44.8 Å². The Balaban J connectivity index is 1.77. The largest absolute Gasteiger partial charge is 0.496 e. The summed E-state index contributed by atoms with van der Waals surface area (Å²) < 4.78 is 32.7. The summed E-state index contributed by atoms with van der Waals surface area (Å²) in [5.41, 5.74) is 1.07. The zero-order chi connectivity index (χ0) is 21.2. The van der Waals surface area contributed by atoms with Gasteiger partial charge in [-0.3, -0.25) is 4.79 Å². The van der Waals surface area contributed by atoms with Crippen LogP contribution in [0.5, 0.6) is 5.75 Å². The van der Waals surface area contributed by atoms with Crippen LogP contribution in [0, 0.1) is 12.8 Å². The van der Waals surface area contributed by atoms with Gasteiger partial charge in [0.1, 0.15) is 5.75 Å². The first kappa shape index (κ1) is 21.9. The van der Waals surface area contributed by atoms with Gasteiger partial charge in [-0.1, -0.05) is 29.3 Å². The summed E-state index contributed by atoms with van der Waals surface area (Å²) in [6.45, 7) is 2.25. The van der Waals surface area contributed by atoms with E-state index in [2.05, 4.69) is 5.32 Å². The molecule has 1 fully saturated rings. The standard InChI is InChI=1S/C20H22Cl2N2O4S/c1-13-11-15(8-9-18(13)28-2)29(26,27)24-10-4-5-14(12-24)20(25)23-19-16(21)6-3-7-17(19)22/h3,6-9,11,14H,4-5,10,12H2,1-2H3,(H,23,25). The number of nitrogens with zero attached hydrogens (tertiary/aromatic N) is 1. The maximum Gasteiger partial charge on any atom is 0.243 e. The lowest BCUT2D eigenvalue weighted by atomic mass is 9.98. The molecule has 6 nitrogen and oxygen atoms in total. The zero-order valence-corrected chi connectivity index (χ0v) is 18.4.